The molecule has 0 aliphatic rings. The number of unbranched alkanes of at least 4 members (excludes halogenated alkanes) is 26. The number of hydrogen-bond acceptors (Lipinski definition) is 7. The molecular formula is C59H105NO7. The van der Waals surface area contributed by atoms with Gasteiger partial charge < -0.3 is 28.6 Å². The summed E-state index contributed by atoms with van der Waals surface area (Å²) in [5.74, 6) is -1.76. The normalized spacial score (nSPS) is 13.3. The molecule has 0 radical (unpaired) electrons. The highest BCUT2D eigenvalue weighted by Gasteiger charge is 2.25. The van der Waals surface area contributed by atoms with Crippen molar-refractivity contribution < 1.29 is 38.2 Å². The summed E-state index contributed by atoms with van der Waals surface area (Å²) < 4.78 is 17.3. The molecule has 0 saturated heterocycles. The molecule has 0 aliphatic heterocycles. The highest BCUT2D eigenvalue weighted by Crippen LogP contribution is 2.15. The quantitative estimate of drug-likeness (QED) is 0.0259. The predicted octanol–water partition coefficient (Wildman–Crippen LogP) is 15.1. The molecule has 0 aromatic carbocycles. The van der Waals surface area contributed by atoms with Gasteiger partial charge in [-0.15, -0.1) is 0 Å². The van der Waals surface area contributed by atoms with Gasteiger partial charge in [-0.1, -0.05) is 203 Å². The van der Waals surface area contributed by atoms with Crippen molar-refractivity contribution in [2.75, 3.05) is 41.0 Å². The topological polar surface area (TPSA) is 102 Å². The van der Waals surface area contributed by atoms with Crippen molar-refractivity contribution in [1.82, 2.24) is 0 Å². The van der Waals surface area contributed by atoms with Gasteiger partial charge >= 0.3 is 11.9 Å². The molecule has 0 saturated carbocycles. The fraction of sp³-hybridized carbons (Fsp3) is 0.780. The molecule has 0 aromatic rings. The van der Waals surface area contributed by atoms with Crippen molar-refractivity contribution >= 4 is 17.9 Å². The minimum Gasteiger partial charge on any atom is -0.544 e. The molecule has 0 fully saturated rings. The zero-order chi connectivity index (χ0) is 49.2. The highest BCUT2D eigenvalue weighted by molar-refractivity contribution is 5.70. The van der Waals surface area contributed by atoms with Crippen molar-refractivity contribution in [3.63, 3.8) is 0 Å². The zero-order valence-electron chi connectivity index (χ0n) is 44.3. The summed E-state index contributed by atoms with van der Waals surface area (Å²) in [6, 6.07) is -0.733. The highest BCUT2D eigenvalue weighted by atomic mass is 16.6. The van der Waals surface area contributed by atoms with E-state index < -0.39 is 18.1 Å². The SMILES string of the molecule is CCCCC/C=C/C/C=C/C/C=C/C/C=C/CCCCCCCC(=O)OC(COCCC(C(=O)[O-])[N+](C)(C)C)COC(=O)CCCCCCCCC/C=C/CCCCCCCCCCCCC. The molecule has 0 amide bonds. The smallest absolute Gasteiger partial charge is 0.306 e. The van der Waals surface area contributed by atoms with Gasteiger partial charge in [0.25, 0.3) is 0 Å². The van der Waals surface area contributed by atoms with Crippen LogP contribution in [0.2, 0.25) is 0 Å². The molecule has 0 spiro atoms. The Morgan fingerprint density at radius 3 is 1.21 bits per heavy atom. The molecule has 0 rings (SSSR count). The van der Waals surface area contributed by atoms with Crippen molar-refractivity contribution in [1.29, 1.82) is 0 Å². The van der Waals surface area contributed by atoms with E-state index in [-0.39, 0.29) is 42.7 Å². The number of quaternary nitrogens is 1. The number of allylic oxidation sites excluding steroid dienone is 10. The third-order valence-corrected chi connectivity index (χ3v) is 12.4. The molecule has 0 heterocycles. The molecule has 0 bridgehead atoms. The van der Waals surface area contributed by atoms with Crippen LogP contribution in [-0.2, 0) is 28.6 Å². The Morgan fingerprint density at radius 1 is 0.448 bits per heavy atom. The van der Waals surface area contributed by atoms with Gasteiger partial charge in [-0.2, -0.15) is 0 Å². The lowest BCUT2D eigenvalue weighted by atomic mass is 10.0. The number of likely N-dealkylation sites (N-methyl/N-ethyl adjacent to an activating group) is 1. The number of carboxylic acid groups (broad SMARTS) is 1. The van der Waals surface area contributed by atoms with Gasteiger partial charge in [0.2, 0.25) is 0 Å². The van der Waals surface area contributed by atoms with Gasteiger partial charge in [-0.25, -0.2) is 0 Å². The monoisotopic (exact) mass is 940 g/mol. The van der Waals surface area contributed by atoms with Gasteiger partial charge in [0, 0.05) is 19.3 Å². The van der Waals surface area contributed by atoms with Gasteiger partial charge in [-0.3, -0.25) is 9.59 Å². The Labute approximate surface area is 413 Å². The van der Waals surface area contributed by atoms with Gasteiger partial charge in [-0.05, 0) is 83.5 Å². The number of esters is 2. The first kappa shape index (κ1) is 64.0. The maximum Gasteiger partial charge on any atom is 0.306 e. The molecule has 2 unspecified atom stereocenters. The second-order valence-electron chi connectivity index (χ2n) is 19.8. The van der Waals surface area contributed by atoms with Crippen LogP contribution in [0.25, 0.3) is 0 Å². The number of hydrogen-bond donors (Lipinski definition) is 0. The number of carbonyl (C=O) groups is 3. The second kappa shape index (κ2) is 49.5. The Bertz CT molecular complexity index is 1280. The van der Waals surface area contributed by atoms with Crippen LogP contribution < -0.4 is 5.11 Å². The standard InChI is InChI=1S/C59H105NO7/c1-6-8-10-12-14-16-18-20-22-24-26-28-30-31-33-35-37-39-41-43-45-47-49-57(61)66-54-55(53-65-52-51-56(59(63)64)60(3,4)5)67-58(62)50-48-46-44-42-40-38-36-34-32-29-27-25-23-21-19-17-15-13-11-9-7-2/h15,17,21,23,27,29-31,34,36,55-56H,6-14,16,18-20,22,24-26,28,32-33,35,37-54H2,1-5H3/b17-15+,23-21+,29-27+,31-30+,36-34+. The average Bonchev–Trinajstić information content (AvgIpc) is 3.29. The molecule has 0 N–H and O–H groups in total. The van der Waals surface area contributed by atoms with E-state index in [9.17, 15) is 19.5 Å². The lowest BCUT2D eigenvalue weighted by Crippen LogP contribution is -2.55. The fourth-order valence-electron chi connectivity index (χ4n) is 8.05. The van der Waals surface area contributed by atoms with Crippen molar-refractivity contribution in [3.05, 3.63) is 60.8 Å². The maximum atomic E-state index is 12.8. The lowest BCUT2D eigenvalue weighted by Gasteiger charge is -2.34. The van der Waals surface area contributed by atoms with E-state index in [1.165, 1.54) is 135 Å². The van der Waals surface area contributed by atoms with Crippen LogP contribution in [0.4, 0.5) is 0 Å². The number of carbonyl (C=O) groups excluding carboxylic acids is 3. The van der Waals surface area contributed by atoms with Gasteiger partial charge in [0.15, 0.2) is 6.10 Å². The minimum absolute atomic E-state index is 0.0304. The molecule has 2 atom stereocenters. The third kappa shape index (κ3) is 47.9. The summed E-state index contributed by atoms with van der Waals surface area (Å²) in [7, 11) is 5.41. The Kier molecular flexibility index (Phi) is 47.3. The van der Waals surface area contributed by atoms with Crippen LogP contribution >= 0.6 is 0 Å². The van der Waals surface area contributed by atoms with E-state index >= 15 is 0 Å². The summed E-state index contributed by atoms with van der Waals surface area (Å²) in [5.41, 5.74) is 0. The van der Waals surface area contributed by atoms with Crippen LogP contribution in [0.15, 0.2) is 60.8 Å². The Balaban J connectivity index is 4.25. The minimum atomic E-state index is -1.13. The van der Waals surface area contributed by atoms with Crippen LogP contribution in [-0.4, -0.2) is 75.5 Å². The number of rotatable bonds is 50. The van der Waals surface area contributed by atoms with E-state index in [4.69, 9.17) is 14.2 Å². The number of aliphatic carboxylic acids is 1. The summed E-state index contributed by atoms with van der Waals surface area (Å²) in [6.45, 7) is 4.64. The van der Waals surface area contributed by atoms with E-state index in [1.807, 2.05) is 0 Å². The summed E-state index contributed by atoms with van der Waals surface area (Å²) in [6.07, 6.45) is 62.6. The molecular weight excluding hydrogens is 835 g/mol. The summed E-state index contributed by atoms with van der Waals surface area (Å²) >= 11 is 0. The van der Waals surface area contributed by atoms with Gasteiger partial charge in [0.05, 0.1) is 40.3 Å². The van der Waals surface area contributed by atoms with E-state index in [0.29, 0.717) is 12.8 Å². The zero-order valence-corrected chi connectivity index (χ0v) is 44.3. The van der Waals surface area contributed by atoms with E-state index in [0.717, 1.165) is 77.0 Å². The second-order valence-corrected chi connectivity index (χ2v) is 19.8. The third-order valence-electron chi connectivity index (χ3n) is 12.4. The Morgan fingerprint density at radius 2 is 0.791 bits per heavy atom. The number of carboxylic acids is 1. The molecule has 0 aliphatic carbocycles. The first-order chi connectivity index (χ1) is 32.6. The molecule has 0 aromatic heterocycles. The predicted molar refractivity (Wildman–Crippen MR) is 282 cm³/mol. The largest absolute Gasteiger partial charge is 0.544 e. The Hall–Kier alpha value is -2.97. The van der Waals surface area contributed by atoms with Crippen molar-refractivity contribution in [2.24, 2.45) is 0 Å². The van der Waals surface area contributed by atoms with Crippen molar-refractivity contribution in [3.8, 4) is 0 Å². The average molecular weight is 940 g/mol. The van der Waals surface area contributed by atoms with Crippen LogP contribution in [0.1, 0.15) is 245 Å². The fourth-order valence-corrected chi connectivity index (χ4v) is 8.05. The van der Waals surface area contributed by atoms with Gasteiger partial charge in [0.1, 0.15) is 12.6 Å². The van der Waals surface area contributed by atoms with Crippen LogP contribution in [0, 0.1) is 0 Å². The van der Waals surface area contributed by atoms with Crippen LogP contribution in [0.3, 0.4) is 0 Å². The van der Waals surface area contributed by atoms with Crippen molar-refractivity contribution in [2.45, 2.75) is 257 Å². The first-order valence-electron chi connectivity index (χ1n) is 27.8. The maximum absolute atomic E-state index is 12.8. The molecule has 8 nitrogen and oxygen atoms in total. The number of nitrogens with zero attached hydrogens (tertiary/aromatic N) is 1. The molecule has 8 heteroatoms. The lowest BCUT2D eigenvalue weighted by molar-refractivity contribution is -0.889. The number of ether oxygens (including phenoxy) is 3. The molecule has 67 heavy (non-hydrogen) atoms. The first-order valence-corrected chi connectivity index (χ1v) is 27.8. The van der Waals surface area contributed by atoms with E-state index in [2.05, 4.69) is 74.6 Å². The molecule has 388 valence electrons. The van der Waals surface area contributed by atoms with Crippen LogP contribution in [0.5, 0.6) is 0 Å². The van der Waals surface area contributed by atoms with E-state index in [1.54, 1.807) is 21.1 Å². The summed E-state index contributed by atoms with van der Waals surface area (Å²) in [5, 5.41) is 11.7. The summed E-state index contributed by atoms with van der Waals surface area (Å²) in [4.78, 5) is 37.1.